The summed E-state index contributed by atoms with van der Waals surface area (Å²) in [5.41, 5.74) is 2.91. The average Bonchev–Trinajstić information content (AvgIpc) is 2.26. The van der Waals surface area contributed by atoms with E-state index in [9.17, 15) is 8.42 Å². The van der Waals surface area contributed by atoms with E-state index < -0.39 is 10.7 Å². The van der Waals surface area contributed by atoms with Gasteiger partial charge in [-0.05, 0) is 29.5 Å². The van der Waals surface area contributed by atoms with Crippen molar-refractivity contribution in [2.24, 2.45) is 0 Å². The molecule has 84 valence electrons. The van der Waals surface area contributed by atoms with Crippen LogP contribution in [0.5, 0.6) is 0 Å². The second-order valence-corrected chi connectivity index (χ2v) is 4.66. The lowest BCUT2D eigenvalue weighted by Crippen LogP contribution is -1.99. The van der Waals surface area contributed by atoms with Gasteiger partial charge in [0.1, 0.15) is 0 Å². The van der Waals surface area contributed by atoms with Gasteiger partial charge in [0.15, 0.2) is 10.7 Å². The number of rotatable bonds is 4. The van der Waals surface area contributed by atoms with Gasteiger partial charge in [-0.1, -0.05) is 26.0 Å². The fraction of sp³-hybridized carbons (Fsp3) is 0.455. The molecular weight excluding hydrogens is 228 g/mol. The maximum atomic E-state index is 11.2. The van der Waals surface area contributed by atoms with E-state index in [-0.39, 0.29) is 0 Å². The SMILES string of the molecule is CCc1cc(CC)c([SH](=O)=O)c(CS)c1. The zero-order chi connectivity index (χ0) is 11.4. The Hall–Kier alpha value is -0.480. The molecular formula is C11H16O2S2. The minimum absolute atomic E-state index is 0.472. The van der Waals surface area contributed by atoms with Crippen molar-refractivity contribution in [3.05, 3.63) is 28.8 Å². The van der Waals surface area contributed by atoms with Crippen LogP contribution < -0.4 is 0 Å². The number of benzene rings is 1. The van der Waals surface area contributed by atoms with Gasteiger partial charge in [0.25, 0.3) is 0 Å². The van der Waals surface area contributed by atoms with Gasteiger partial charge in [-0.15, -0.1) is 0 Å². The van der Waals surface area contributed by atoms with E-state index in [1.165, 1.54) is 5.56 Å². The Morgan fingerprint density at radius 3 is 2.13 bits per heavy atom. The first kappa shape index (κ1) is 12.6. The van der Waals surface area contributed by atoms with Gasteiger partial charge in [0, 0.05) is 5.75 Å². The molecule has 0 radical (unpaired) electrons. The molecule has 0 unspecified atom stereocenters. The van der Waals surface area contributed by atoms with Crippen molar-refractivity contribution in [3.8, 4) is 0 Å². The Kier molecular flexibility index (Phi) is 4.67. The molecule has 15 heavy (non-hydrogen) atoms. The van der Waals surface area contributed by atoms with E-state index >= 15 is 0 Å². The molecule has 0 bridgehead atoms. The van der Waals surface area contributed by atoms with Crippen LogP contribution in [0.2, 0.25) is 0 Å². The number of aryl methyl sites for hydroxylation is 2. The Bertz CT molecular complexity index is 390. The van der Waals surface area contributed by atoms with Gasteiger partial charge < -0.3 is 0 Å². The van der Waals surface area contributed by atoms with Crippen LogP contribution in [0.4, 0.5) is 0 Å². The summed E-state index contributed by atoms with van der Waals surface area (Å²) in [5, 5.41) is 0. The largest absolute Gasteiger partial charge is 0.227 e. The third-order valence-corrected chi connectivity index (χ3v) is 3.75. The first-order valence-corrected chi connectivity index (χ1v) is 6.84. The molecule has 1 rings (SSSR count). The highest BCUT2D eigenvalue weighted by molar-refractivity contribution is 7.79. The van der Waals surface area contributed by atoms with Crippen molar-refractivity contribution in [1.29, 1.82) is 0 Å². The number of hydrogen-bond donors (Lipinski definition) is 2. The Balaban J connectivity index is 3.46. The van der Waals surface area contributed by atoms with E-state index in [0.29, 0.717) is 10.6 Å². The van der Waals surface area contributed by atoms with Crippen molar-refractivity contribution in [2.75, 3.05) is 0 Å². The fourth-order valence-electron chi connectivity index (χ4n) is 1.66. The van der Waals surface area contributed by atoms with Gasteiger partial charge in [0.05, 0.1) is 4.90 Å². The quantitative estimate of drug-likeness (QED) is 0.796. The van der Waals surface area contributed by atoms with E-state index in [4.69, 9.17) is 0 Å². The third-order valence-electron chi connectivity index (χ3n) is 2.47. The first-order chi connectivity index (χ1) is 7.13. The van der Waals surface area contributed by atoms with Crippen LogP contribution in [-0.2, 0) is 29.3 Å². The van der Waals surface area contributed by atoms with Crippen LogP contribution >= 0.6 is 12.6 Å². The van der Waals surface area contributed by atoms with Crippen molar-refractivity contribution < 1.29 is 8.42 Å². The van der Waals surface area contributed by atoms with Gasteiger partial charge >= 0.3 is 0 Å². The summed E-state index contributed by atoms with van der Waals surface area (Å²) in [7, 11) is -2.52. The zero-order valence-corrected chi connectivity index (χ0v) is 10.8. The Morgan fingerprint density at radius 2 is 1.73 bits per heavy atom. The molecule has 1 aromatic rings. The monoisotopic (exact) mass is 244 g/mol. The highest BCUT2D eigenvalue weighted by atomic mass is 32.2. The maximum absolute atomic E-state index is 11.2. The van der Waals surface area contributed by atoms with Gasteiger partial charge in [0.2, 0.25) is 0 Å². The first-order valence-electron chi connectivity index (χ1n) is 5.03. The van der Waals surface area contributed by atoms with Gasteiger partial charge in [-0.2, -0.15) is 12.6 Å². The Labute approximate surface area is 98.1 Å². The Morgan fingerprint density at radius 1 is 1.13 bits per heavy atom. The standard InChI is InChI=1S/C11H16O2S2/c1-3-8-5-9(4-2)11(15(12)13)10(6-8)7-14/h5-6,14-15H,3-4,7H2,1-2H3. The summed E-state index contributed by atoms with van der Waals surface area (Å²) in [6.07, 6.45) is 1.66. The molecule has 4 heteroatoms. The van der Waals surface area contributed by atoms with E-state index in [1.807, 2.05) is 19.1 Å². The normalized spacial score (nSPS) is 10.9. The molecule has 0 saturated heterocycles. The van der Waals surface area contributed by atoms with Crippen LogP contribution in [0.15, 0.2) is 17.0 Å². The smallest absolute Gasteiger partial charge is 0.168 e. The van der Waals surface area contributed by atoms with E-state index in [1.54, 1.807) is 0 Å². The second kappa shape index (κ2) is 5.56. The molecule has 1 aromatic carbocycles. The summed E-state index contributed by atoms with van der Waals surface area (Å²) >= 11 is 4.18. The van der Waals surface area contributed by atoms with Crippen molar-refractivity contribution in [2.45, 2.75) is 37.3 Å². The predicted molar refractivity (Wildman–Crippen MR) is 66.5 cm³/mol. The van der Waals surface area contributed by atoms with Crippen LogP contribution in [0, 0.1) is 0 Å². The molecule has 0 atom stereocenters. The molecule has 0 aliphatic heterocycles. The van der Waals surface area contributed by atoms with Crippen molar-refractivity contribution in [3.63, 3.8) is 0 Å². The highest BCUT2D eigenvalue weighted by Gasteiger charge is 2.10. The van der Waals surface area contributed by atoms with E-state index in [2.05, 4.69) is 19.6 Å². The summed E-state index contributed by atoms with van der Waals surface area (Å²) in [4.78, 5) is 0.472. The summed E-state index contributed by atoms with van der Waals surface area (Å²) in [6.45, 7) is 4.04. The zero-order valence-electron chi connectivity index (χ0n) is 8.99. The highest BCUT2D eigenvalue weighted by Crippen LogP contribution is 2.22. The maximum Gasteiger partial charge on any atom is 0.168 e. The molecule has 2 nitrogen and oxygen atoms in total. The minimum Gasteiger partial charge on any atom is -0.227 e. The lowest BCUT2D eigenvalue weighted by atomic mass is 10.0. The molecule has 0 aromatic heterocycles. The fourth-order valence-corrected chi connectivity index (χ4v) is 2.87. The van der Waals surface area contributed by atoms with Crippen molar-refractivity contribution in [1.82, 2.24) is 0 Å². The van der Waals surface area contributed by atoms with E-state index in [0.717, 1.165) is 24.0 Å². The van der Waals surface area contributed by atoms with Crippen LogP contribution in [0.3, 0.4) is 0 Å². The van der Waals surface area contributed by atoms with Crippen molar-refractivity contribution >= 4 is 23.3 Å². The molecule has 0 saturated carbocycles. The minimum atomic E-state index is -2.52. The number of thiol groups is 2. The summed E-state index contributed by atoms with van der Waals surface area (Å²) in [5.74, 6) is 0.472. The molecule has 0 heterocycles. The topological polar surface area (TPSA) is 34.1 Å². The summed E-state index contributed by atoms with van der Waals surface area (Å²) < 4.78 is 22.3. The average molecular weight is 244 g/mol. The number of hydrogen-bond acceptors (Lipinski definition) is 3. The van der Waals surface area contributed by atoms with Crippen LogP contribution in [-0.4, -0.2) is 8.42 Å². The lowest BCUT2D eigenvalue weighted by Gasteiger charge is -2.10. The lowest BCUT2D eigenvalue weighted by molar-refractivity contribution is 0.613. The van der Waals surface area contributed by atoms with Gasteiger partial charge in [-0.25, -0.2) is 8.42 Å². The molecule has 0 aliphatic carbocycles. The van der Waals surface area contributed by atoms with Crippen LogP contribution in [0.25, 0.3) is 0 Å². The summed E-state index contributed by atoms with van der Waals surface area (Å²) in [6, 6.07) is 3.92. The predicted octanol–water partition coefficient (Wildman–Crippen LogP) is 2.21. The molecule has 0 N–H and O–H groups in total. The molecule has 0 spiro atoms. The third kappa shape index (κ3) is 2.75. The van der Waals surface area contributed by atoms with Crippen LogP contribution in [0.1, 0.15) is 30.5 Å². The van der Waals surface area contributed by atoms with Gasteiger partial charge in [-0.3, -0.25) is 0 Å². The molecule has 0 fully saturated rings. The molecule has 0 amide bonds. The second-order valence-electron chi connectivity index (χ2n) is 3.39. The molecule has 0 aliphatic rings.